The summed E-state index contributed by atoms with van der Waals surface area (Å²) in [6, 6.07) is -3.11. The van der Waals surface area contributed by atoms with E-state index in [4.69, 9.17) is 33.2 Å². The third kappa shape index (κ3) is 8.96. The number of nitrogens with one attached hydrogen (secondary N) is 2. The smallest absolute Gasteiger partial charge is 0.335 e. The van der Waals surface area contributed by atoms with E-state index >= 15 is 0 Å². The Hall–Kier alpha value is -2.31. The maximum Gasteiger partial charge on any atom is 0.335 e. The van der Waals surface area contributed by atoms with Crippen molar-refractivity contribution in [1.29, 1.82) is 0 Å². The van der Waals surface area contributed by atoms with Gasteiger partial charge in [0.15, 0.2) is 31.3 Å². The number of carboxylic acid groups (broad SMARTS) is 1. The van der Waals surface area contributed by atoms with Crippen molar-refractivity contribution < 1.29 is 109 Å². The first kappa shape index (κ1) is 42.4. The van der Waals surface area contributed by atoms with Crippen LogP contribution < -0.4 is 10.6 Å². The Bertz CT molecular complexity index is 1220. The summed E-state index contributed by atoms with van der Waals surface area (Å²) in [4.78, 5) is 36.0. The van der Waals surface area contributed by atoms with Crippen LogP contribution in [0.15, 0.2) is 0 Å². The minimum absolute atomic E-state index is 0.717. The lowest BCUT2D eigenvalue weighted by Crippen LogP contribution is -2.69. The number of aliphatic carboxylic acids is 1. The Morgan fingerprint density at radius 3 is 1.54 bits per heavy atom. The summed E-state index contributed by atoms with van der Waals surface area (Å²) < 4.78 is 38.2. The number of aliphatic hydroxyl groups is 11. The molecule has 4 rings (SSSR count). The third-order valence-corrected chi connectivity index (χ3v) is 8.98. The van der Waals surface area contributed by atoms with Gasteiger partial charge in [0.1, 0.15) is 91.4 Å². The van der Waals surface area contributed by atoms with E-state index in [1.54, 1.807) is 0 Å². The standard InChI is InChI=1S/C28H46N2O22/c1-6(34)29-11-16(39)13(36)8(3-31)47-26(11)51-22-17(40)18(41)27(52-23(22)24(43)44)50-21-15(38)10(5-33)48-28(19(21)42)49-20-12(30-7(2)35)25(45)46-9(4-32)14(20)37/h8-23,25-28,31-33,36-42,45H,3-5H2,1-2H3,(H,29,34)(H,30,35)(H,43,44)/t8-,9-,10-,11-,12-,13-,14+,15+,16-,17-,18-,19-,20-,21+,22+,23+,25+,26+,27-,28+/m1/s1. The molecule has 4 aliphatic rings. The molecule has 0 aromatic heterocycles. The van der Waals surface area contributed by atoms with Gasteiger partial charge in [-0.05, 0) is 0 Å². The molecule has 4 aliphatic heterocycles. The number of amides is 2. The van der Waals surface area contributed by atoms with E-state index in [9.17, 15) is 75.7 Å². The highest BCUT2D eigenvalue weighted by atomic mass is 16.8. The predicted octanol–water partition coefficient (Wildman–Crippen LogP) is -9.37. The SMILES string of the molecule is CC(=O)N[C@@H]1[C@@H](O[C@@H]2O[C@H](CO)[C@H](O)[C@H](O[C@@H]3O[C@H](C(=O)O)[C@@H](O[C@@H]4O[C@H](CO)[C@@H](O)[C@H](O)[C@H]4NC(C)=O)[C@H](O)[C@H]3O)[C@H]2O)[C@@H](O)[C@@H](CO)O[C@@H]1O. The summed E-state index contributed by atoms with van der Waals surface area (Å²) in [5.41, 5.74) is 0. The number of hydrogen-bond acceptors (Lipinski definition) is 21. The van der Waals surface area contributed by atoms with Crippen molar-refractivity contribution in [2.45, 2.75) is 137 Å². The highest BCUT2D eigenvalue weighted by Gasteiger charge is 2.56. The number of carbonyl (C=O) groups is 3. The molecule has 4 fully saturated rings. The van der Waals surface area contributed by atoms with Crippen molar-refractivity contribution >= 4 is 17.8 Å². The monoisotopic (exact) mass is 762 g/mol. The van der Waals surface area contributed by atoms with Crippen molar-refractivity contribution in [3.8, 4) is 0 Å². The lowest BCUT2D eigenvalue weighted by molar-refractivity contribution is -0.378. The lowest BCUT2D eigenvalue weighted by atomic mass is 9.94. The number of carboxylic acids is 1. The van der Waals surface area contributed by atoms with Gasteiger partial charge in [-0.25, -0.2) is 4.79 Å². The second-order valence-corrected chi connectivity index (χ2v) is 12.7. The molecule has 0 spiro atoms. The van der Waals surface area contributed by atoms with Crippen molar-refractivity contribution in [1.82, 2.24) is 10.6 Å². The molecular weight excluding hydrogens is 716 g/mol. The topological polar surface area (TPSA) is 383 Å². The molecule has 4 heterocycles. The zero-order chi connectivity index (χ0) is 38.8. The summed E-state index contributed by atoms with van der Waals surface area (Å²) in [6.07, 6.45) is -34.4. The van der Waals surface area contributed by atoms with Gasteiger partial charge in [0.25, 0.3) is 0 Å². The second-order valence-electron chi connectivity index (χ2n) is 12.7. The molecule has 300 valence electrons. The minimum atomic E-state index is -2.25. The van der Waals surface area contributed by atoms with E-state index < -0.39 is 160 Å². The molecule has 0 aliphatic carbocycles. The van der Waals surface area contributed by atoms with Gasteiger partial charge in [0.05, 0.1) is 19.8 Å². The van der Waals surface area contributed by atoms with E-state index in [1.165, 1.54) is 0 Å². The molecule has 0 saturated carbocycles. The van der Waals surface area contributed by atoms with Gasteiger partial charge >= 0.3 is 5.97 Å². The molecule has 0 aromatic carbocycles. The van der Waals surface area contributed by atoms with Gasteiger partial charge in [-0.1, -0.05) is 0 Å². The van der Waals surface area contributed by atoms with Gasteiger partial charge in [0, 0.05) is 13.8 Å². The average Bonchev–Trinajstić information content (AvgIpc) is 3.08. The van der Waals surface area contributed by atoms with Crippen molar-refractivity contribution in [2.75, 3.05) is 19.8 Å². The molecule has 52 heavy (non-hydrogen) atoms. The van der Waals surface area contributed by atoms with E-state index in [2.05, 4.69) is 10.6 Å². The maximum absolute atomic E-state index is 12.3. The quantitative estimate of drug-likeness (QED) is 0.0877. The molecule has 14 N–H and O–H groups in total. The summed E-state index contributed by atoms with van der Waals surface area (Å²) in [5, 5.41) is 130. The highest BCUT2D eigenvalue weighted by molar-refractivity contribution is 5.74. The van der Waals surface area contributed by atoms with Crippen LogP contribution in [0, 0.1) is 0 Å². The predicted molar refractivity (Wildman–Crippen MR) is 158 cm³/mol. The Balaban J connectivity index is 1.56. The fraction of sp³-hybridized carbons (Fsp3) is 0.893. The molecule has 0 aromatic rings. The fourth-order valence-corrected chi connectivity index (χ4v) is 6.31. The molecule has 0 bridgehead atoms. The molecule has 2 amide bonds. The van der Waals surface area contributed by atoms with E-state index in [-0.39, 0.29) is 0 Å². The van der Waals surface area contributed by atoms with E-state index in [1.807, 2.05) is 0 Å². The largest absolute Gasteiger partial charge is 0.479 e. The average molecular weight is 763 g/mol. The highest BCUT2D eigenvalue weighted by Crippen LogP contribution is 2.34. The maximum atomic E-state index is 12.3. The van der Waals surface area contributed by atoms with Crippen molar-refractivity contribution in [3.63, 3.8) is 0 Å². The lowest BCUT2D eigenvalue weighted by Gasteiger charge is -2.49. The number of aliphatic hydroxyl groups excluding tert-OH is 11. The minimum Gasteiger partial charge on any atom is -0.479 e. The summed E-state index contributed by atoms with van der Waals surface area (Å²) >= 11 is 0. The Morgan fingerprint density at radius 2 is 0.981 bits per heavy atom. The Labute approximate surface area is 293 Å². The number of ether oxygens (including phenoxy) is 7. The molecular formula is C28H46N2O22. The number of hydrogen-bond donors (Lipinski definition) is 14. The van der Waals surface area contributed by atoms with Crippen LogP contribution in [0.5, 0.6) is 0 Å². The van der Waals surface area contributed by atoms with Crippen LogP contribution in [-0.2, 0) is 47.5 Å². The van der Waals surface area contributed by atoms with Gasteiger partial charge in [0.2, 0.25) is 11.8 Å². The first-order valence-electron chi connectivity index (χ1n) is 16.1. The summed E-state index contributed by atoms with van der Waals surface area (Å²) in [7, 11) is 0. The molecule has 20 atom stereocenters. The first-order valence-corrected chi connectivity index (χ1v) is 16.1. The third-order valence-electron chi connectivity index (χ3n) is 8.98. The molecule has 24 heteroatoms. The van der Waals surface area contributed by atoms with Crippen LogP contribution in [0.3, 0.4) is 0 Å². The van der Waals surface area contributed by atoms with Gasteiger partial charge in [-0.3, -0.25) is 9.59 Å². The van der Waals surface area contributed by atoms with Crippen LogP contribution in [0.2, 0.25) is 0 Å². The number of carbonyl (C=O) groups excluding carboxylic acids is 2. The summed E-state index contributed by atoms with van der Waals surface area (Å²) in [5.74, 6) is -3.29. The normalized spacial score (nSPS) is 47.0. The summed E-state index contributed by atoms with van der Waals surface area (Å²) in [6.45, 7) is -0.554. The van der Waals surface area contributed by atoms with Crippen LogP contribution in [0.25, 0.3) is 0 Å². The Kier molecular flexibility index (Phi) is 14.6. The molecule has 0 unspecified atom stereocenters. The number of rotatable bonds is 12. The van der Waals surface area contributed by atoms with Gasteiger partial charge in [-0.2, -0.15) is 0 Å². The van der Waals surface area contributed by atoms with Crippen molar-refractivity contribution in [2.24, 2.45) is 0 Å². The van der Waals surface area contributed by atoms with Crippen LogP contribution >= 0.6 is 0 Å². The zero-order valence-electron chi connectivity index (χ0n) is 27.6. The molecule has 0 radical (unpaired) electrons. The molecule has 24 nitrogen and oxygen atoms in total. The van der Waals surface area contributed by atoms with Crippen molar-refractivity contribution in [3.05, 3.63) is 0 Å². The zero-order valence-corrected chi connectivity index (χ0v) is 27.6. The van der Waals surface area contributed by atoms with E-state index in [0.717, 1.165) is 13.8 Å². The second kappa shape index (κ2) is 17.9. The van der Waals surface area contributed by atoms with Gasteiger partial charge < -0.3 is 105 Å². The Morgan fingerprint density at radius 1 is 0.519 bits per heavy atom. The fourth-order valence-electron chi connectivity index (χ4n) is 6.31. The van der Waals surface area contributed by atoms with Crippen LogP contribution in [0.1, 0.15) is 13.8 Å². The molecule has 4 saturated heterocycles. The van der Waals surface area contributed by atoms with Crippen LogP contribution in [-0.4, -0.2) is 222 Å². The van der Waals surface area contributed by atoms with Crippen LogP contribution in [0.4, 0.5) is 0 Å². The van der Waals surface area contributed by atoms with E-state index in [0.29, 0.717) is 0 Å². The first-order chi connectivity index (χ1) is 24.4. The van der Waals surface area contributed by atoms with Gasteiger partial charge in [-0.15, -0.1) is 0 Å².